The van der Waals surface area contributed by atoms with Crippen molar-refractivity contribution < 1.29 is 9.90 Å². The van der Waals surface area contributed by atoms with Crippen LogP contribution in [-0.4, -0.2) is 23.7 Å². The fraction of sp³-hybridized carbons (Fsp3) is 0.615. The van der Waals surface area contributed by atoms with Crippen LogP contribution in [0.3, 0.4) is 0 Å². The molecule has 4 heteroatoms. The maximum Gasteiger partial charge on any atom is 0.227 e. The molecule has 0 aliphatic rings. The largest absolute Gasteiger partial charge is 0.391 e. The van der Waals surface area contributed by atoms with Crippen LogP contribution in [0.1, 0.15) is 38.7 Å². The molecule has 96 valence electrons. The predicted molar refractivity (Wildman–Crippen MR) is 71.2 cm³/mol. The Balaban J connectivity index is 2.40. The standard InChI is InChI=1S/C13H21NO2S/c1-4-9(2)12(15)7-14-13(16)10(3)11-5-6-17-8-11/h5-6,8-10,12,15H,4,7H2,1-3H3,(H,14,16). The van der Waals surface area contributed by atoms with Crippen molar-refractivity contribution in [2.45, 2.75) is 39.2 Å². The summed E-state index contributed by atoms with van der Waals surface area (Å²) in [6, 6.07) is 1.96. The van der Waals surface area contributed by atoms with Gasteiger partial charge in [0.15, 0.2) is 0 Å². The number of aliphatic hydroxyl groups excluding tert-OH is 1. The maximum absolute atomic E-state index is 11.8. The molecule has 1 aromatic rings. The highest BCUT2D eigenvalue weighted by Gasteiger charge is 2.18. The van der Waals surface area contributed by atoms with E-state index in [0.717, 1.165) is 12.0 Å². The molecule has 1 heterocycles. The summed E-state index contributed by atoms with van der Waals surface area (Å²) in [7, 11) is 0. The number of aliphatic hydroxyl groups is 1. The summed E-state index contributed by atoms with van der Waals surface area (Å²) in [5.74, 6) is 0.0443. The number of carbonyl (C=O) groups excluding carboxylic acids is 1. The monoisotopic (exact) mass is 255 g/mol. The predicted octanol–water partition coefficient (Wildman–Crippen LogP) is 2.37. The summed E-state index contributed by atoms with van der Waals surface area (Å²) in [6.45, 7) is 6.23. The minimum absolute atomic E-state index is 0.0225. The minimum Gasteiger partial charge on any atom is -0.391 e. The van der Waals surface area contributed by atoms with E-state index in [1.807, 2.05) is 37.6 Å². The first-order valence-corrected chi connectivity index (χ1v) is 6.98. The minimum atomic E-state index is -0.460. The number of hydrogen-bond donors (Lipinski definition) is 2. The number of rotatable bonds is 6. The van der Waals surface area contributed by atoms with Gasteiger partial charge >= 0.3 is 0 Å². The Morgan fingerprint density at radius 3 is 2.76 bits per heavy atom. The zero-order valence-electron chi connectivity index (χ0n) is 10.6. The van der Waals surface area contributed by atoms with Crippen molar-refractivity contribution in [3.05, 3.63) is 22.4 Å². The number of amides is 1. The van der Waals surface area contributed by atoms with Crippen molar-refractivity contribution in [3.63, 3.8) is 0 Å². The van der Waals surface area contributed by atoms with E-state index in [1.165, 1.54) is 0 Å². The molecule has 17 heavy (non-hydrogen) atoms. The second-order valence-electron chi connectivity index (χ2n) is 4.48. The molecule has 0 bridgehead atoms. The molecule has 0 radical (unpaired) electrons. The molecular formula is C13H21NO2S. The number of hydrogen-bond acceptors (Lipinski definition) is 3. The molecule has 0 aromatic carbocycles. The Bertz CT molecular complexity index is 337. The lowest BCUT2D eigenvalue weighted by Gasteiger charge is -2.19. The van der Waals surface area contributed by atoms with Crippen molar-refractivity contribution in [1.82, 2.24) is 5.32 Å². The van der Waals surface area contributed by atoms with Gasteiger partial charge in [-0.05, 0) is 35.2 Å². The zero-order valence-corrected chi connectivity index (χ0v) is 11.5. The molecule has 2 N–H and O–H groups in total. The van der Waals surface area contributed by atoms with E-state index in [1.54, 1.807) is 11.3 Å². The topological polar surface area (TPSA) is 49.3 Å². The Labute approximate surface area is 107 Å². The molecular weight excluding hydrogens is 234 g/mol. The number of nitrogens with one attached hydrogen (secondary N) is 1. The number of carbonyl (C=O) groups is 1. The van der Waals surface area contributed by atoms with Gasteiger partial charge in [0.1, 0.15) is 0 Å². The Morgan fingerprint density at radius 1 is 1.53 bits per heavy atom. The lowest BCUT2D eigenvalue weighted by molar-refractivity contribution is -0.122. The van der Waals surface area contributed by atoms with E-state index in [0.29, 0.717) is 6.54 Å². The van der Waals surface area contributed by atoms with Crippen LogP contribution in [0, 0.1) is 5.92 Å². The third kappa shape index (κ3) is 4.13. The summed E-state index contributed by atoms with van der Waals surface area (Å²) in [6.07, 6.45) is 0.454. The summed E-state index contributed by atoms with van der Waals surface area (Å²) in [4.78, 5) is 11.8. The van der Waals surface area contributed by atoms with E-state index in [4.69, 9.17) is 0 Å². The van der Waals surface area contributed by atoms with Crippen molar-refractivity contribution in [2.75, 3.05) is 6.54 Å². The fourth-order valence-corrected chi connectivity index (χ4v) is 2.26. The SMILES string of the molecule is CCC(C)C(O)CNC(=O)C(C)c1ccsc1. The van der Waals surface area contributed by atoms with Gasteiger partial charge in [-0.15, -0.1) is 0 Å². The van der Waals surface area contributed by atoms with Gasteiger partial charge in [0.05, 0.1) is 12.0 Å². The van der Waals surface area contributed by atoms with Gasteiger partial charge in [-0.2, -0.15) is 11.3 Å². The molecule has 3 nitrogen and oxygen atoms in total. The van der Waals surface area contributed by atoms with Crippen LogP contribution < -0.4 is 5.32 Å². The molecule has 0 aliphatic heterocycles. The number of thiophene rings is 1. The second kappa shape index (κ2) is 6.77. The second-order valence-corrected chi connectivity index (χ2v) is 5.26. The third-order valence-corrected chi connectivity index (χ3v) is 3.92. The van der Waals surface area contributed by atoms with E-state index in [2.05, 4.69) is 5.32 Å². The average molecular weight is 255 g/mol. The van der Waals surface area contributed by atoms with Gasteiger partial charge in [-0.3, -0.25) is 4.79 Å². The third-order valence-electron chi connectivity index (χ3n) is 3.22. The lowest BCUT2D eigenvalue weighted by atomic mass is 10.0. The first-order chi connectivity index (χ1) is 8.06. The molecule has 0 aliphatic carbocycles. The van der Waals surface area contributed by atoms with Crippen molar-refractivity contribution in [1.29, 1.82) is 0 Å². The smallest absolute Gasteiger partial charge is 0.227 e. The van der Waals surface area contributed by atoms with Crippen LogP contribution in [0.4, 0.5) is 0 Å². The van der Waals surface area contributed by atoms with E-state index in [9.17, 15) is 9.90 Å². The lowest BCUT2D eigenvalue weighted by Crippen LogP contribution is -2.37. The molecule has 0 fully saturated rings. The molecule has 3 unspecified atom stereocenters. The molecule has 3 atom stereocenters. The van der Waals surface area contributed by atoms with Gasteiger partial charge < -0.3 is 10.4 Å². The molecule has 1 rings (SSSR count). The summed E-state index contributed by atoms with van der Waals surface area (Å²) in [5, 5.41) is 16.5. The maximum atomic E-state index is 11.8. The van der Waals surface area contributed by atoms with Gasteiger partial charge in [0.2, 0.25) is 5.91 Å². The Kier molecular flexibility index (Phi) is 5.65. The highest BCUT2D eigenvalue weighted by molar-refractivity contribution is 7.08. The van der Waals surface area contributed by atoms with Crippen molar-refractivity contribution in [3.8, 4) is 0 Å². The van der Waals surface area contributed by atoms with Gasteiger partial charge in [-0.1, -0.05) is 20.3 Å². The quantitative estimate of drug-likeness (QED) is 0.820. The van der Waals surface area contributed by atoms with Gasteiger partial charge in [-0.25, -0.2) is 0 Å². The molecule has 0 saturated carbocycles. The van der Waals surface area contributed by atoms with Crippen molar-refractivity contribution >= 4 is 17.2 Å². The van der Waals surface area contributed by atoms with E-state index >= 15 is 0 Å². The molecule has 0 spiro atoms. The Morgan fingerprint density at radius 2 is 2.24 bits per heavy atom. The fourth-order valence-electron chi connectivity index (χ4n) is 1.50. The van der Waals surface area contributed by atoms with Gasteiger partial charge in [0, 0.05) is 6.54 Å². The van der Waals surface area contributed by atoms with Crippen LogP contribution in [0.2, 0.25) is 0 Å². The van der Waals surface area contributed by atoms with Crippen LogP contribution >= 0.6 is 11.3 Å². The highest BCUT2D eigenvalue weighted by atomic mass is 32.1. The Hall–Kier alpha value is -0.870. The summed E-state index contributed by atoms with van der Waals surface area (Å²) in [5.41, 5.74) is 1.03. The van der Waals surface area contributed by atoms with Crippen LogP contribution in [-0.2, 0) is 4.79 Å². The van der Waals surface area contributed by atoms with Crippen LogP contribution in [0.15, 0.2) is 16.8 Å². The van der Waals surface area contributed by atoms with Crippen molar-refractivity contribution in [2.24, 2.45) is 5.92 Å². The average Bonchev–Trinajstić information content (AvgIpc) is 2.87. The molecule has 1 aromatic heterocycles. The van der Waals surface area contributed by atoms with E-state index in [-0.39, 0.29) is 17.7 Å². The molecule has 0 saturated heterocycles. The highest BCUT2D eigenvalue weighted by Crippen LogP contribution is 2.18. The molecule has 1 amide bonds. The summed E-state index contributed by atoms with van der Waals surface area (Å²) >= 11 is 1.59. The van der Waals surface area contributed by atoms with Crippen LogP contribution in [0.5, 0.6) is 0 Å². The first kappa shape index (κ1) is 14.2. The van der Waals surface area contributed by atoms with Gasteiger partial charge in [0.25, 0.3) is 0 Å². The first-order valence-electron chi connectivity index (χ1n) is 6.04. The van der Waals surface area contributed by atoms with Crippen LogP contribution in [0.25, 0.3) is 0 Å². The van der Waals surface area contributed by atoms with E-state index < -0.39 is 6.10 Å². The zero-order chi connectivity index (χ0) is 12.8. The normalized spacial score (nSPS) is 16.2. The summed E-state index contributed by atoms with van der Waals surface area (Å²) < 4.78 is 0.